The molecule has 29 heavy (non-hydrogen) atoms. The number of aromatic carboxylic acids is 1. The van der Waals surface area contributed by atoms with Gasteiger partial charge in [-0.2, -0.15) is 18.4 Å². The van der Waals surface area contributed by atoms with E-state index in [1.54, 1.807) is 25.1 Å². The third-order valence-electron chi connectivity index (χ3n) is 4.32. The summed E-state index contributed by atoms with van der Waals surface area (Å²) in [7, 11) is 0. The predicted molar refractivity (Wildman–Crippen MR) is 99.3 cm³/mol. The first-order valence-electron chi connectivity index (χ1n) is 8.30. The van der Waals surface area contributed by atoms with Crippen LogP contribution in [0.1, 0.15) is 27.2 Å². The zero-order valence-corrected chi connectivity index (χ0v) is 15.0. The van der Waals surface area contributed by atoms with E-state index in [1.807, 2.05) is 6.07 Å². The summed E-state index contributed by atoms with van der Waals surface area (Å²) in [6.07, 6.45) is -4.69. The van der Waals surface area contributed by atoms with Gasteiger partial charge in [0.15, 0.2) is 0 Å². The van der Waals surface area contributed by atoms with Crippen molar-refractivity contribution in [2.24, 2.45) is 0 Å². The van der Waals surface area contributed by atoms with Crippen LogP contribution >= 0.6 is 0 Å². The first kappa shape index (κ1) is 19.9. The Balaban J connectivity index is 2.11. The van der Waals surface area contributed by atoms with Crippen LogP contribution in [0.4, 0.5) is 13.2 Å². The number of hydrogen-bond donors (Lipinski definition) is 2. The van der Waals surface area contributed by atoms with Gasteiger partial charge in [-0.1, -0.05) is 24.3 Å². The molecule has 5 nitrogen and oxygen atoms in total. The second-order valence-corrected chi connectivity index (χ2v) is 6.36. The van der Waals surface area contributed by atoms with Crippen molar-refractivity contribution in [3.63, 3.8) is 0 Å². The maximum atomic E-state index is 13.1. The molecule has 0 unspecified atom stereocenters. The van der Waals surface area contributed by atoms with Crippen LogP contribution in [0.3, 0.4) is 0 Å². The molecule has 0 bridgehead atoms. The number of carbonyl (C=O) groups is 1. The highest BCUT2D eigenvalue weighted by Gasteiger charge is 2.32. The third-order valence-corrected chi connectivity index (χ3v) is 4.32. The van der Waals surface area contributed by atoms with E-state index in [9.17, 15) is 28.0 Å². The zero-order chi connectivity index (χ0) is 21.3. The number of carboxylic acids is 1. The quantitative estimate of drug-likeness (QED) is 0.674. The van der Waals surface area contributed by atoms with Gasteiger partial charge < -0.3 is 10.1 Å². The lowest BCUT2D eigenvalue weighted by molar-refractivity contribution is -0.137. The second-order valence-electron chi connectivity index (χ2n) is 6.36. The molecule has 8 heteroatoms. The van der Waals surface area contributed by atoms with E-state index in [-0.39, 0.29) is 11.1 Å². The van der Waals surface area contributed by atoms with Crippen LogP contribution in [0.2, 0.25) is 0 Å². The number of nitriles is 1. The molecule has 0 amide bonds. The summed E-state index contributed by atoms with van der Waals surface area (Å²) in [6.45, 7) is 1.66. The topological polar surface area (TPSA) is 93.9 Å². The lowest BCUT2D eigenvalue weighted by Gasteiger charge is -2.12. The summed E-state index contributed by atoms with van der Waals surface area (Å²) in [5.74, 6) is -1.47. The van der Waals surface area contributed by atoms with Crippen molar-refractivity contribution in [2.75, 3.05) is 0 Å². The average molecular weight is 398 g/mol. The number of nitrogens with zero attached hydrogens (tertiary/aromatic N) is 1. The van der Waals surface area contributed by atoms with E-state index < -0.39 is 28.8 Å². The Bertz CT molecular complexity index is 1200. The summed E-state index contributed by atoms with van der Waals surface area (Å²) < 4.78 is 39.3. The fraction of sp³-hybridized carbons (Fsp3) is 0.0952. The molecule has 2 N–H and O–H groups in total. The number of H-pyrrole nitrogens is 1. The Morgan fingerprint density at radius 2 is 1.66 bits per heavy atom. The van der Waals surface area contributed by atoms with Gasteiger partial charge in [0.25, 0.3) is 5.56 Å². The highest BCUT2D eigenvalue weighted by molar-refractivity contribution is 5.90. The van der Waals surface area contributed by atoms with Gasteiger partial charge in [-0.3, -0.25) is 4.79 Å². The van der Waals surface area contributed by atoms with Gasteiger partial charge in [0.2, 0.25) is 0 Å². The Morgan fingerprint density at radius 1 is 1.03 bits per heavy atom. The maximum Gasteiger partial charge on any atom is 0.416 e. The predicted octanol–water partition coefficient (Wildman–Crippen LogP) is 4.61. The van der Waals surface area contributed by atoms with Crippen LogP contribution in [0.25, 0.3) is 22.3 Å². The monoisotopic (exact) mass is 398 g/mol. The number of alkyl halides is 3. The summed E-state index contributed by atoms with van der Waals surface area (Å²) in [6, 6.07) is 12.2. The highest BCUT2D eigenvalue weighted by atomic mass is 19.4. The smallest absolute Gasteiger partial charge is 0.416 e. The van der Waals surface area contributed by atoms with E-state index >= 15 is 0 Å². The zero-order valence-electron chi connectivity index (χ0n) is 15.0. The molecule has 2 aromatic carbocycles. The van der Waals surface area contributed by atoms with Gasteiger partial charge in [0.05, 0.1) is 11.1 Å². The molecule has 0 saturated heterocycles. The number of benzene rings is 2. The molecular weight excluding hydrogens is 385 g/mol. The fourth-order valence-electron chi connectivity index (χ4n) is 2.95. The molecule has 0 atom stereocenters. The minimum absolute atomic E-state index is 0.0735. The van der Waals surface area contributed by atoms with Gasteiger partial charge in [0.1, 0.15) is 11.6 Å². The number of rotatable bonds is 3. The number of aromatic amines is 1. The first-order chi connectivity index (χ1) is 13.6. The number of hydrogen-bond acceptors (Lipinski definition) is 3. The molecule has 0 aliphatic heterocycles. The van der Waals surface area contributed by atoms with Crippen LogP contribution in [0.15, 0.2) is 53.3 Å². The van der Waals surface area contributed by atoms with Crippen LogP contribution in [-0.2, 0) is 6.18 Å². The van der Waals surface area contributed by atoms with Gasteiger partial charge in [-0.25, -0.2) is 4.79 Å². The van der Waals surface area contributed by atoms with Crippen molar-refractivity contribution < 1.29 is 23.1 Å². The molecule has 0 radical (unpaired) electrons. The lowest BCUT2D eigenvalue weighted by Crippen LogP contribution is -2.12. The Morgan fingerprint density at radius 3 is 2.21 bits per heavy atom. The number of nitrogens with one attached hydrogen (secondary N) is 1. The third kappa shape index (κ3) is 4.04. The van der Waals surface area contributed by atoms with Gasteiger partial charge in [0, 0.05) is 11.3 Å². The van der Waals surface area contributed by atoms with Crippen molar-refractivity contribution in [1.29, 1.82) is 5.26 Å². The Kier molecular flexibility index (Phi) is 4.99. The van der Waals surface area contributed by atoms with Crippen LogP contribution < -0.4 is 5.56 Å². The number of aryl methyl sites for hydroxylation is 1. The minimum atomic E-state index is -4.69. The van der Waals surface area contributed by atoms with Gasteiger partial charge >= 0.3 is 12.1 Å². The summed E-state index contributed by atoms with van der Waals surface area (Å²) in [4.78, 5) is 25.7. The lowest BCUT2D eigenvalue weighted by atomic mass is 9.96. The Hall–Kier alpha value is -3.86. The average Bonchev–Trinajstić information content (AvgIpc) is 2.66. The molecule has 0 saturated carbocycles. The van der Waals surface area contributed by atoms with Crippen molar-refractivity contribution in [1.82, 2.24) is 4.98 Å². The molecule has 1 heterocycles. The molecule has 1 aromatic heterocycles. The van der Waals surface area contributed by atoms with E-state index in [0.717, 1.165) is 12.1 Å². The van der Waals surface area contributed by atoms with Crippen LogP contribution in [-0.4, -0.2) is 16.1 Å². The highest BCUT2D eigenvalue weighted by Crippen LogP contribution is 2.34. The molecule has 146 valence electrons. The number of aromatic nitrogens is 1. The van der Waals surface area contributed by atoms with Crippen LogP contribution in [0, 0.1) is 18.3 Å². The van der Waals surface area contributed by atoms with Crippen molar-refractivity contribution in [3.8, 4) is 28.3 Å². The molecule has 0 spiro atoms. The maximum absolute atomic E-state index is 13.1. The Labute approximate surface area is 162 Å². The molecule has 0 aliphatic rings. The SMILES string of the molecule is Cc1cc(-c2ccc(-c3cc(C(=O)O)cc(C(F)(F)F)c3)cc2)c(C#N)c(=O)[nH]1. The minimum Gasteiger partial charge on any atom is -0.478 e. The standard InChI is InChI=1S/C21H13F3N2O3/c1-11-6-17(18(10-25)19(27)26-11)13-4-2-12(3-5-13)14-7-15(20(28)29)9-16(8-14)21(22,23)24/h2-9H,1H3,(H,26,27)(H,28,29). The first-order valence-corrected chi connectivity index (χ1v) is 8.30. The molecule has 3 rings (SSSR count). The molecular formula is C21H13F3N2O3. The van der Waals surface area contributed by atoms with Crippen LogP contribution in [0.5, 0.6) is 0 Å². The summed E-state index contributed by atoms with van der Waals surface area (Å²) >= 11 is 0. The fourth-order valence-corrected chi connectivity index (χ4v) is 2.95. The van der Waals surface area contributed by atoms with Crippen molar-refractivity contribution >= 4 is 5.97 Å². The number of pyridine rings is 1. The second kappa shape index (κ2) is 7.28. The van der Waals surface area contributed by atoms with Gasteiger partial charge in [-0.05, 0) is 47.9 Å². The number of halogens is 3. The van der Waals surface area contributed by atoms with E-state index in [1.165, 1.54) is 12.1 Å². The van der Waals surface area contributed by atoms with E-state index in [2.05, 4.69) is 4.98 Å². The van der Waals surface area contributed by atoms with Crippen molar-refractivity contribution in [2.45, 2.75) is 13.1 Å². The molecule has 0 aliphatic carbocycles. The van der Waals surface area contributed by atoms with E-state index in [0.29, 0.717) is 28.5 Å². The van der Waals surface area contributed by atoms with E-state index in [4.69, 9.17) is 5.11 Å². The normalized spacial score (nSPS) is 11.1. The van der Waals surface area contributed by atoms with Gasteiger partial charge in [-0.15, -0.1) is 0 Å². The summed E-state index contributed by atoms with van der Waals surface area (Å²) in [5, 5.41) is 18.4. The summed E-state index contributed by atoms with van der Waals surface area (Å²) in [5.41, 5.74) is -0.207. The number of carboxylic acid groups (broad SMARTS) is 1. The molecule has 0 fully saturated rings. The van der Waals surface area contributed by atoms with Crippen molar-refractivity contribution in [3.05, 3.63) is 81.3 Å². The largest absolute Gasteiger partial charge is 0.478 e. The molecule has 3 aromatic rings.